The average Bonchev–Trinajstić information content (AvgIpc) is 1.63. The molecule has 12 heterocycles. The minimum Gasteiger partial charge on any atom is -0.394 e. The number of anilines is 4. The first-order valence-corrected chi connectivity index (χ1v) is 35.3. The number of aromatic nitrogens is 14. The van der Waals surface area contributed by atoms with Gasteiger partial charge in [0.15, 0.2) is 53.8 Å². The van der Waals surface area contributed by atoms with E-state index in [1.165, 1.54) is 0 Å². The van der Waals surface area contributed by atoms with Crippen molar-refractivity contribution in [2.45, 2.75) is 123 Å². The standard InChI is InChI=1S/C47H60N18O33P4/c48-20-1-4-61(45(75)56-20)41-28(71)32(17(92-41)9-87-100(80,81)95-31-15(7-66)90-40(27(31)70)63-6-3-22(67)58-47(63)77)96-101(82,83)88-10-18-33(29(72)42(93-18)62-5-2-21(49)57-46(62)76)97-102(84,85)89-11-19-34(30(73)43(94-19)64-13-54-23-35(50)52-12-53-36(23)64)98-99(78,79)86-8-16-25(68)26(69)39(91-16)65-14-55-24-37(65)59-44(51)60-38(24)74/h1-6,12-19,25-34,39-43,66,68-73H,7-11H2,(H,78,79)(H,80,81)(H,82,83)(H,84,85)(H2,48,56,75)(H2,49,57,76)(H2,50,52,53)(H,58,67,77)(H3,51,59,60,74)/t15-,16-,17-,18-,19-,25-,26-,27-,28-,29-,30-,31-,32-,33-,34-,39-,40-,41-,42-,43-/m1/s1. The molecule has 0 radical (unpaired) electrons. The third-order valence-electron chi connectivity index (χ3n) is 16.1. The zero-order chi connectivity index (χ0) is 73.4. The summed E-state index contributed by atoms with van der Waals surface area (Å²) >= 11 is 0. The lowest BCUT2D eigenvalue weighted by Gasteiger charge is -2.27. The molecule has 0 aliphatic carbocycles. The van der Waals surface area contributed by atoms with E-state index in [4.69, 9.17) is 82.8 Å². The van der Waals surface area contributed by atoms with Gasteiger partial charge in [-0.2, -0.15) is 15.0 Å². The Morgan fingerprint density at radius 3 is 1.30 bits per heavy atom. The van der Waals surface area contributed by atoms with E-state index in [9.17, 15) is 97.6 Å². The minimum absolute atomic E-state index is 0.0455. The maximum absolute atomic E-state index is 14.2. The average molecular weight is 1530 g/mol. The van der Waals surface area contributed by atoms with Crippen molar-refractivity contribution in [2.24, 2.45) is 0 Å². The van der Waals surface area contributed by atoms with E-state index in [2.05, 4.69) is 39.9 Å². The molecule has 4 unspecified atom stereocenters. The summed E-state index contributed by atoms with van der Waals surface area (Å²) in [6, 6.07) is 2.97. The molecular weight excluding hydrogens is 1470 g/mol. The third kappa shape index (κ3) is 15.2. The molecule has 0 amide bonds. The van der Waals surface area contributed by atoms with E-state index in [0.717, 1.165) is 64.9 Å². The van der Waals surface area contributed by atoms with Crippen LogP contribution in [0, 0.1) is 0 Å². The van der Waals surface area contributed by atoms with Crippen LogP contribution in [-0.2, 0) is 78.1 Å². The molecule has 51 nitrogen and oxygen atoms in total. The molecule has 5 aliphatic heterocycles. The first kappa shape index (κ1) is 74.2. The molecule has 21 N–H and O–H groups in total. The van der Waals surface area contributed by atoms with Gasteiger partial charge in [0, 0.05) is 24.7 Å². The van der Waals surface area contributed by atoms with Gasteiger partial charge >= 0.3 is 48.4 Å². The summed E-state index contributed by atoms with van der Waals surface area (Å²) in [5.41, 5.74) is 17.2. The van der Waals surface area contributed by atoms with Crippen LogP contribution < -0.4 is 51.1 Å². The number of nitrogens with two attached hydrogens (primary N) is 4. The summed E-state index contributed by atoms with van der Waals surface area (Å²) in [5.74, 6) is -1.19. The molecule has 556 valence electrons. The van der Waals surface area contributed by atoms with E-state index in [0.29, 0.717) is 13.7 Å². The fourth-order valence-electron chi connectivity index (χ4n) is 11.4. The number of hydrogen-bond donors (Lipinski definition) is 17. The molecular formula is C47H60N18O33P4. The predicted octanol–water partition coefficient (Wildman–Crippen LogP) is -7.99. The highest BCUT2D eigenvalue weighted by Gasteiger charge is 2.56. The predicted molar refractivity (Wildman–Crippen MR) is 325 cm³/mol. The number of rotatable bonds is 26. The van der Waals surface area contributed by atoms with Crippen molar-refractivity contribution in [1.82, 2.24) is 67.7 Å². The molecule has 0 bridgehead atoms. The van der Waals surface area contributed by atoms with E-state index < -0.39 is 215 Å². The molecule has 7 aromatic heterocycles. The summed E-state index contributed by atoms with van der Waals surface area (Å²) in [6.07, 6.45) is -34.0. The number of phosphoric acid groups is 4. The number of phosphoric ester groups is 4. The smallest absolute Gasteiger partial charge is 0.394 e. The number of ether oxygens (including phenoxy) is 5. The number of nitrogens with one attached hydrogen (secondary N) is 2. The number of nitrogen functional groups attached to an aromatic ring is 4. The Morgan fingerprint density at radius 2 is 0.843 bits per heavy atom. The van der Waals surface area contributed by atoms with Gasteiger partial charge < -0.3 is 102 Å². The van der Waals surface area contributed by atoms with Crippen molar-refractivity contribution in [1.29, 1.82) is 0 Å². The highest BCUT2D eigenvalue weighted by Crippen LogP contribution is 2.55. The van der Waals surface area contributed by atoms with Gasteiger partial charge in [0.1, 0.15) is 115 Å². The minimum atomic E-state index is -5.87. The lowest BCUT2D eigenvalue weighted by atomic mass is 10.1. The molecule has 5 fully saturated rings. The van der Waals surface area contributed by atoms with E-state index >= 15 is 0 Å². The maximum Gasteiger partial charge on any atom is 0.472 e. The van der Waals surface area contributed by atoms with Crippen LogP contribution in [0.5, 0.6) is 0 Å². The normalized spacial score (nSPS) is 32.8. The molecule has 5 saturated heterocycles. The molecule has 102 heavy (non-hydrogen) atoms. The summed E-state index contributed by atoms with van der Waals surface area (Å²) in [7, 11) is -23.0. The third-order valence-corrected chi connectivity index (χ3v) is 20.1. The summed E-state index contributed by atoms with van der Waals surface area (Å²) < 4.78 is 130. The Hall–Kier alpha value is -7.50. The Bertz CT molecular complexity index is 4790. The number of H-pyrrole nitrogens is 2. The topological polar surface area (TPSA) is 747 Å². The summed E-state index contributed by atoms with van der Waals surface area (Å²) in [5, 5.41) is 78.3. The molecule has 0 saturated carbocycles. The van der Waals surface area contributed by atoms with Crippen LogP contribution >= 0.6 is 31.3 Å². The number of hydrogen-bond acceptors (Lipinski definition) is 40. The molecule has 0 spiro atoms. The van der Waals surface area contributed by atoms with E-state index in [1.54, 1.807) is 0 Å². The quantitative estimate of drug-likeness (QED) is 0.0224. The first-order chi connectivity index (χ1) is 48.1. The van der Waals surface area contributed by atoms with E-state index in [-0.39, 0.29) is 45.7 Å². The van der Waals surface area contributed by atoms with Crippen LogP contribution in [0.3, 0.4) is 0 Å². The molecule has 55 heteroatoms. The highest BCUT2D eigenvalue weighted by atomic mass is 31.2. The molecule has 7 aromatic rings. The first-order valence-electron chi connectivity index (χ1n) is 29.4. The molecule has 5 aliphatic rings. The highest BCUT2D eigenvalue weighted by molar-refractivity contribution is 7.48. The fraction of sp³-hybridized carbons (Fsp3) is 0.532. The van der Waals surface area contributed by atoms with Crippen molar-refractivity contribution >= 4 is 77.0 Å². The van der Waals surface area contributed by atoms with Gasteiger partial charge in [-0.15, -0.1) is 0 Å². The van der Waals surface area contributed by atoms with Gasteiger partial charge in [-0.1, -0.05) is 0 Å². The van der Waals surface area contributed by atoms with Crippen LogP contribution in [0.4, 0.5) is 23.4 Å². The van der Waals surface area contributed by atoms with Crippen LogP contribution in [0.15, 0.2) is 79.7 Å². The lowest BCUT2D eigenvalue weighted by Crippen LogP contribution is -2.39. The Labute approximate surface area is 563 Å². The van der Waals surface area contributed by atoms with Gasteiger partial charge in [0.2, 0.25) is 5.95 Å². The van der Waals surface area contributed by atoms with Crippen molar-refractivity contribution in [3.63, 3.8) is 0 Å². The second-order valence-electron chi connectivity index (χ2n) is 22.7. The van der Waals surface area contributed by atoms with Crippen LogP contribution in [-0.4, -0.2) is 248 Å². The van der Waals surface area contributed by atoms with Crippen LogP contribution in [0.2, 0.25) is 0 Å². The van der Waals surface area contributed by atoms with Crippen molar-refractivity contribution < 1.29 is 133 Å². The van der Waals surface area contributed by atoms with Gasteiger partial charge in [-0.25, -0.2) is 52.6 Å². The molecule has 24 atom stereocenters. The lowest BCUT2D eigenvalue weighted by molar-refractivity contribution is -0.0657. The zero-order valence-electron chi connectivity index (χ0n) is 51.1. The maximum atomic E-state index is 14.2. The number of imidazole rings is 2. The number of nitrogens with zero attached hydrogens (tertiary/aromatic N) is 12. The Kier molecular flexibility index (Phi) is 21.0. The largest absolute Gasteiger partial charge is 0.472 e. The monoisotopic (exact) mass is 1530 g/mol. The SMILES string of the molecule is Nc1ccn([C@@H]2O[C@H](COP(=O)(O)O[C@H]3[C@@H](O)[C@H](n4ccc(N)nc4=O)O[C@@H]3COP(=O)(O)O[C@H]3[C@@H](O)[C@H](n4ccc(=O)[nH]c4=O)O[C@@H]3CO)[C@@H](OP(=O)(O)OC[C@H]3O[C@@H](n4cnc5c(N)ncnc54)[C@H](O)[C@@H]3OP(=O)(O)OC[C@H]3O[C@@H](n4cnc5c(=O)[nH]c(N)nc54)[C@H](O)[C@@H]3O)[C@H]2O)c(=O)n1. The van der Waals surface area contributed by atoms with Gasteiger partial charge in [-0.3, -0.25) is 78.6 Å². The number of fused-ring (bicyclic) bond motifs is 2. The molecule has 12 rings (SSSR count). The van der Waals surface area contributed by atoms with Crippen LogP contribution in [0.1, 0.15) is 31.1 Å². The Morgan fingerprint density at radius 1 is 0.451 bits per heavy atom. The van der Waals surface area contributed by atoms with Gasteiger partial charge in [-0.05, 0) is 12.1 Å². The molecule has 0 aromatic carbocycles. The number of aromatic amines is 2. The summed E-state index contributed by atoms with van der Waals surface area (Å²) in [4.78, 5) is 139. The van der Waals surface area contributed by atoms with Gasteiger partial charge in [0.05, 0.1) is 45.7 Å². The fourth-order valence-corrected chi connectivity index (χ4v) is 15.3. The zero-order valence-corrected chi connectivity index (χ0v) is 54.7. The van der Waals surface area contributed by atoms with Crippen molar-refractivity contribution in [2.75, 3.05) is 56.0 Å². The van der Waals surface area contributed by atoms with Crippen molar-refractivity contribution in [3.8, 4) is 0 Å². The Balaban J connectivity index is 0.754. The number of aliphatic hydroxyl groups is 7. The summed E-state index contributed by atoms with van der Waals surface area (Å²) in [6.45, 7) is -6.08. The number of aliphatic hydroxyl groups excluding tert-OH is 7. The second-order valence-corrected chi connectivity index (χ2v) is 28.4. The van der Waals surface area contributed by atoms with Crippen LogP contribution in [0.25, 0.3) is 22.3 Å². The second kappa shape index (κ2) is 28.9. The van der Waals surface area contributed by atoms with Crippen molar-refractivity contribution in [3.05, 3.63) is 108 Å². The van der Waals surface area contributed by atoms with Gasteiger partial charge in [0.25, 0.3) is 11.1 Å². The van der Waals surface area contributed by atoms with E-state index in [1.807, 2.05) is 4.98 Å².